The molecule has 0 aromatic heterocycles. The van der Waals surface area contributed by atoms with Gasteiger partial charge in [0.2, 0.25) is 0 Å². The van der Waals surface area contributed by atoms with E-state index < -0.39 is 11.9 Å². The van der Waals surface area contributed by atoms with Gasteiger partial charge >= 0.3 is 0 Å². The molecule has 0 aliphatic rings. The van der Waals surface area contributed by atoms with Crippen LogP contribution in [0.5, 0.6) is 0 Å². The fourth-order valence-electron chi connectivity index (χ4n) is 1.56. The van der Waals surface area contributed by atoms with E-state index in [0.717, 1.165) is 0 Å². The summed E-state index contributed by atoms with van der Waals surface area (Å²) in [6.45, 7) is 0. The Bertz CT molecular complexity index is 525. The second-order valence-corrected chi connectivity index (χ2v) is 4.44. The van der Waals surface area contributed by atoms with E-state index in [1.54, 1.807) is 30.3 Å². The largest absolute Gasteiger partial charge is 0.384 e. The Balaban J connectivity index is 2.40. The number of halogens is 3. The first-order valence-corrected chi connectivity index (χ1v) is 5.72. The molecule has 0 bridgehead atoms. The van der Waals surface area contributed by atoms with Gasteiger partial charge in [-0.15, -0.1) is 0 Å². The number of rotatable bonds is 2. The summed E-state index contributed by atoms with van der Waals surface area (Å²) in [6, 6.07) is 11.1. The van der Waals surface area contributed by atoms with Crippen LogP contribution in [-0.2, 0) is 0 Å². The van der Waals surface area contributed by atoms with Gasteiger partial charge in [-0.05, 0) is 23.8 Å². The molecule has 1 unspecified atom stereocenters. The van der Waals surface area contributed by atoms with E-state index >= 15 is 0 Å². The molecule has 0 heterocycles. The number of hydrogen-bond acceptors (Lipinski definition) is 1. The molecule has 0 fully saturated rings. The van der Waals surface area contributed by atoms with Crippen LogP contribution >= 0.6 is 23.2 Å². The zero-order chi connectivity index (χ0) is 12.4. The van der Waals surface area contributed by atoms with Gasteiger partial charge in [0, 0.05) is 10.6 Å². The van der Waals surface area contributed by atoms with Crippen molar-refractivity contribution in [3.05, 3.63) is 69.5 Å². The molecule has 0 saturated carbocycles. The van der Waals surface area contributed by atoms with Gasteiger partial charge in [0.15, 0.2) is 0 Å². The molecule has 0 amide bonds. The van der Waals surface area contributed by atoms with Crippen LogP contribution in [0.1, 0.15) is 17.2 Å². The summed E-state index contributed by atoms with van der Waals surface area (Å²) in [5.41, 5.74) is 0.718. The summed E-state index contributed by atoms with van der Waals surface area (Å²) in [7, 11) is 0. The van der Waals surface area contributed by atoms with Gasteiger partial charge in [-0.2, -0.15) is 0 Å². The van der Waals surface area contributed by atoms with Crippen molar-refractivity contribution in [3.8, 4) is 0 Å². The highest BCUT2D eigenvalue weighted by molar-refractivity contribution is 6.31. The van der Waals surface area contributed by atoms with E-state index in [0.29, 0.717) is 10.6 Å². The van der Waals surface area contributed by atoms with Crippen LogP contribution < -0.4 is 0 Å². The minimum Gasteiger partial charge on any atom is -0.384 e. The molecule has 2 rings (SSSR count). The van der Waals surface area contributed by atoms with Crippen LogP contribution in [0.4, 0.5) is 4.39 Å². The van der Waals surface area contributed by atoms with Gasteiger partial charge in [-0.25, -0.2) is 4.39 Å². The highest BCUT2D eigenvalue weighted by Gasteiger charge is 2.16. The topological polar surface area (TPSA) is 20.2 Å². The van der Waals surface area contributed by atoms with Crippen LogP contribution in [0.2, 0.25) is 10.0 Å². The summed E-state index contributed by atoms with van der Waals surface area (Å²) in [6.07, 6.45) is -1.05. The van der Waals surface area contributed by atoms with E-state index in [2.05, 4.69) is 0 Å². The zero-order valence-electron chi connectivity index (χ0n) is 8.70. The van der Waals surface area contributed by atoms with Crippen LogP contribution in [0, 0.1) is 5.82 Å². The van der Waals surface area contributed by atoms with Crippen LogP contribution in [0.25, 0.3) is 0 Å². The summed E-state index contributed by atoms with van der Waals surface area (Å²) < 4.78 is 13.7. The maximum Gasteiger partial charge on any atom is 0.147 e. The fourth-order valence-corrected chi connectivity index (χ4v) is 1.86. The van der Waals surface area contributed by atoms with Gasteiger partial charge in [0.1, 0.15) is 11.9 Å². The summed E-state index contributed by atoms with van der Waals surface area (Å²) in [5, 5.41) is 10.6. The number of aliphatic hydroxyl groups is 1. The third-order valence-electron chi connectivity index (χ3n) is 2.46. The van der Waals surface area contributed by atoms with E-state index in [-0.39, 0.29) is 10.6 Å². The zero-order valence-corrected chi connectivity index (χ0v) is 10.2. The Kier molecular flexibility index (Phi) is 3.67. The van der Waals surface area contributed by atoms with Crippen molar-refractivity contribution in [1.82, 2.24) is 0 Å². The van der Waals surface area contributed by atoms with E-state index in [4.69, 9.17) is 23.2 Å². The van der Waals surface area contributed by atoms with Crippen molar-refractivity contribution in [1.29, 1.82) is 0 Å². The predicted molar refractivity (Wildman–Crippen MR) is 66.9 cm³/mol. The van der Waals surface area contributed by atoms with Gasteiger partial charge in [0.05, 0.1) is 5.02 Å². The molecule has 4 heteroatoms. The lowest BCUT2D eigenvalue weighted by Gasteiger charge is -2.13. The standard InChI is InChI=1S/C13H9Cl2FO/c14-9-6-4-8(5-7-9)13(17)10-2-1-3-11(15)12(10)16/h1-7,13,17H. The van der Waals surface area contributed by atoms with Gasteiger partial charge < -0.3 is 5.11 Å². The van der Waals surface area contributed by atoms with E-state index in [9.17, 15) is 9.50 Å². The Labute approximate surface area is 108 Å². The lowest BCUT2D eigenvalue weighted by molar-refractivity contribution is 0.215. The van der Waals surface area contributed by atoms with Crippen molar-refractivity contribution in [2.75, 3.05) is 0 Å². The van der Waals surface area contributed by atoms with Crippen molar-refractivity contribution < 1.29 is 9.50 Å². The minimum atomic E-state index is -1.05. The molecule has 1 N–H and O–H groups in total. The molecule has 17 heavy (non-hydrogen) atoms. The minimum absolute atomic E-state index is 0.00415. The second kappa shape index (κ2) is 5.05. The van der Waals surface area contributed by atoms with Gasteiger partial charge in [-0.3, -0.25) is 0 Å². The van der Waals surface area contributed by atoms with Crippen LogP contribution in [0.15, 0.2) is 42.5 Å². The lowest BCUT2D eigenvalue weighted by Crippen LogP contribution is -2.02. The third-order valence-corrected chi connectivity index (χ3v) is 3.01. The van der Waals surface area contributed by atoms with Gasteiger partial charge in [-0.1, -0.05) is 47.5 Å². The van der Waals surface area contributed by atoms with Gasteiger partial charge in [0.25, 0.3) is 0 Å². The first kappa shape index (κ1) is 12.4. The smallest absolute Gasteiger partial charge is 0.147 e. The molecule has 0 radical (unpaired) electrons. The lowest BCUT2D eigenvalue weighted by atomic mass is 10.0. The van der Waals surface area contributed by atoms with Crippen molar-refractivity contribution in [2.45, 2.75) is 6.10 Å². The van der Waals surface area contributed by atoms with Crippen LogP contribution in [-0.4, -0.2) is 5.11 Å². The molecular weight excluding hydrogens is 262 g/mol. The van der Waals surface area contributed by atoms with E-state index in [1.807, 2.05) is 0 Å². The molecular formula is C13H9Cl2FO. The highest BCUT2D eigenvalue weighted by atomic mass is 35.5. The Morgan fingerprint density at radius 1 is 1.00 bits per heavy atom. The SMILES string of the molecule is OC(c1ccc(Cl)cc1)c1cccc(Cl)c1F. The Morgan fingerprint density at radius 2 is 1.65 bits per heavy atom. The quantitative estimate of drug-likeness (QED) is 0.867. The molecule has 1 atom stereocenters. The first-order valence-electron chi connectivity index (χ1n) is 4.97. The molecule has 2 aromatic carbocycles. The molecule has 0 aliphatic carbocycles. The second-order valence-electron chi connectivity index (χ2n) is 3.60. The van der Waals surface area contributed by atoms with Crippen molar-refractivity contribution in [2.24, 2.45) is 0 Å². The number of aliphatic hydroxyl groups excluding tert-OH is 1. The van der Waals surface area contributed by atoms with E-state index in [1.165, 1.54) is 12.1 Å². The molecule has 1 nitrogen and oxygen atoms in total. The average molecular weight is 271 g/mol. The Morgan fingerprint density at radius 3 is 2.29 bits per heavy atom. The highest BCUT2D eigenvalue weighted by Crippen LogP contribution is 2.28. The molecule has 2 aromatic rings. The predicted octanol–water partition coefficient (Wildman–Crippen LogP) is 4.21. The number of benzene rings is 2. The monoisotopic (exact) mass is 270 g/mol. The summed E-state index contributed by atoms with van der Waals surface area (Å²) >= 11 is 11.4. The molecule has 0 spiro atoms. The molecule has 88 valence electrons. The normalized spacial score (nSPS) is 12.5. The summed E-state index contributed by atoms with van der Waals surface area (Å²) in [4.78, 5) is 0. The summed E-state index contributed by atoms with van der Waals surface area (Å²) in [5.74, 6) is -0.600. The average Bonchev–Trinajstić information content (AvgIpc) is 2.33. The molecule has 0 saturated heterocycles. The van der Waals surface area contributed by atoms with Crippen molar-refractivity contribution >= 4 is 23.2 Å². The van der Waals surface area contributed by atoms with Crippen molar-refractivity contribution in [3.63, 3.8) is 0 Å². The third kappa shape index (κ3) is 2.60. The fraction of sp³-hybridized carbons (Fsp3) is 0.0769. The molecule has 0 aliphatic heterocycles. The Hall–Kier alpha value is -1.09. The maximum atomic E-state index is 13.7. The first-order chi connectivity index (χ1) is 8.09. The maximum absolute atomic E-state index is 13.7. The van der Waals surface area contributed by atoms with Crippen LogP contribution in [0.3, 0.4) is 0 Å². The number of hydrogen-bond donors (Lipinski definition) is 1.